The smallest absolute Gasteiger partial charge is 0.237 e. The number of carbonyl (C=O) groups is 1. The van der Waals surface area contributed by atoms with Crippen molar-refractivity contribution in [2.45, 2.75) is 32.5 Å². The monoisotopic (exact) mass is 492 g/mol. The Labute approximate surface area is 210 Å². The summed E-state index contributed by atoms with van der Waals surface area (Å²) in [6.45, 7) is 1.58. The molecule has 0 aliphatic carbocycles. The molecule has 1 aromatic heterocycles. The zero-order valence-electron chi connectivity index (χ0n) is 19.4. The van der Waals surface area contributed by atoms with E-state index in [0.717, 1.165) is 16.9 Å². The number of ether oxygens (including phenoxy) is 2. The van der Waals surface area contributed by atoms with Crippen LogP contribution >= 0.6 is 0 Å². The number of benzene rings is 2. The topological polar surface area (TPSA) is 121 Å². The molecule has 190 valence electrons. The van der Waals surface area contributed by atoms with Crippen LogP contribution < -0.4 is 25.4 Å². The Kier molecular flexibility index (Phi) is 7.87. The highest BCUT2D eigenvalue weighted by Gasteiger charge is 2.35. The maximum atomic E-state index is 12.9. The van der Waals surface area contributed by atoms with Gasteiger partial charge in [0, 0.05) is 36.6 Å². The van der Waals surface area contributed by atoms with E-state index < -0.39 is 12.1 Å². The van der Waals surface area contributed by atoms with Crippen molar-refractivity contribution in [2.24, 2.45) is 0 Å². The summed E-state index contributed by atoms with van der Waals surface area (Å²) in [6.07, 6.45) is 1.35. The number of fused-ring (bicyclic) bond motifs is 7. The van der Waals surface area contributed by atoms with Gasteiger partial charge < -0.3 is 30.5 Å². The minimum atomic E-state index is -0.542. The van der Waals surface area contributed by atoms with Crippen molar-refractivity contribution in [3.05, 3.63) is 60.4 Å². The third kappa shape index (κ3) is 5.84. The van der Waals surface area contributed by atoms with Crippen molar-refractivity contribution in [1.29, 1.82) is 0 Å². The Hall–Kier alpha value is -3.89. The Morgan fingerprint density at radius 2 is 1.86 bits per heavy atom. The molecule has 0 spiro atoms. The lowest BCUT2D eigenvalue weighted by atomic mass is 10.1. The fraction of sp³-hybridized carbons (Fsp3) is 0.346. The number of nitrogens with one attached hydrogen (secondary N) is 3. The number of amides is 1. The van der Waals surface area contributed by atoms with E-state index in [0.29, 0.717) is 49.2 Å². The van der Waals surface area contributed by atoms with E-state index in [9.17, 15) is 9.90 Å². The maximum absolute atomic E-state index is 12.9. The van der Waals surface area contributed by atoms with Crippen LogP contribution in [0.2, 0.25) is 0 Å². The second-order valence-corrected chi connectivity index (χ2v) is 8.58. The molecule has 3 heterocycles. The molecule has 0 saturated carbocycles. The summed E-state index contributed by atoms with van der Waals surface area (Å²) < 4.78 is 11.3. The standard InChI is InChI=1S/C25H28N6O4.CH4/c1-34-21-6-5-18-10-22(21)35-8-7-26-25(33)20-11-19(32)14-31(20)13-16-3-2-4-17(9-16)29-23-12-24(30-18)28-15-27-23;/h2-6,9-10,12,15,19-20,32H,7-8,11,13-14H2,1H3,(H,26,33)(H2,27,28,29,30);1H4/t19-,20-;/m0./s1. The maximum Gasteiger partial charge on any atom is 0.237 e. The van der Waals surface area contributed by atoms with Gasteiger partial charge in [-0.25, -0.2) is 9.97 Å². The van der Waals surface area contributed by atoms with E-state index >= 15 is 0 Å². The molecule has 10 heteroatoms. The lowest BCUT2D eigenvalue weighted by Gasteiger charge is -2.23. The van der Waals surface area contributed by atoms with Crippen LogP contribution in [0.1, 0.15) is 19.4 Å². The molecular weight excluding hydrogens is 460 g/mol. The summed E-state index contributed by atoms with van der Waals surface area (Å²) in [5.41, 5.74) is 2.66. The first-order valence-electron chi connectivity index (χ1n) is 11.5. The van der Waals surface area contributed by atoms with Crippen LogP contribution in [0.5, 0.6) is 11.5 Å². The van der Waals surface area contributed by atoms with Crippen molar-refractivity contribution in [1.82, 2.24) is 20.2 Å². The lowest BCUT2D eigenvalue weighted by Crippen LogP contribution is -2.44. The van der Waals surface area contributed by atoms with Crippen molar-refractivity contribution in [2.75, 3.05) is 37.4 Å². The lowest BCUT2D eigenvalue weighted by molar-refractivity contribution is -0.125. The number of hydrogen-bond acceptors (Lipinski definition) is 9. The van der Waals surface area contributed by atoms with E-state index in [1.807, 2.05) is 53.4 Å². The predicted octanol–water partition coefficient (Wildman–Crippen LogP) is 3.05. The van der Waals surface area contributed by atoms with Crippen molar-refractivity contribution in [3.8, 4) is 11.5 Å². The van der Waals surface area contributed by atoms with Crippen LogP contribution in [-0.2, 0) is 11.3 Å². The van der Waals surface area contributed by atoms with E-state index in [4.69, 9.17) is 9.47 Å². The molecule has 2 aromatic carbocycles. The Morgan fingerprint density at radius 1 is 1.08 bits per heavy atom. The average molecular weight is 493 g/mol. The van der Waals surface area contributed by atoms with Crippen LogP contribution in [0, 0.1) is 0 Å². The molecule has 0 radical (unpaired) electrons. The first kappa shape index (κ1) is 25.2. The molecule has 4 N–H and O–H groups in total. The van der Waals surface area contributed by atoms with Gasteiger partial charge in [0.25, 0.3) is 0 Å². The Balaban J connectivity index is 0.00000304. The molecule has 2 aliphatic heterocycles. The number of hydrogen-bond donors (Lipinski definition) is 4. The van der Waals surface area contributed by atoms with Gasteiger partial charge >= 0.3 is 0 Å². The molecule has 1 saturated heterocycles. The van der Waals surface area contributed by atoms with Crippen molar-refractivity contribution in [3.63, 3.8) is 0 Å². The van der Waals surface area contributed by atoms with Gasteiger partial charge in [0.15, 0.2) is 11.5 Å². The summed E-state index contributed by atoms with van der Waals surface area (Å²) in [5.74, 6) is 2.27. The Morgan fingerprint density at radius 3 is 2.64 bits per heavy atom. The highest BCUT2D eigenvalue weighted by molar-refractivity contribution is 5.82. The highest BCUT2D eigenvalue weighted by Crippen LogP contribution is 2.31. The molecule has 36 heavy (non-hydrogen) atoms. The minimum absolute atomic E-state index is 0. The number of rotatable bonds is 1. The van der Waals surface area contributed by atoms with Crippen LogP contribution in [0.3, 0.4) is 0 Å². The third-order valence-corrected chi connectivity index (χ3v) is 6.03. The number of methoxy groups -OCH3 is 1. The second kappa shape index (κ2) is 11.2. The van der Waals surface area contributed by atoms with Gasteiger partial charge in [-0.3, -0.25) is 9.69 Å². The molecule has 1 amide bonds. The fourth-order valence-electron chi connectivity index (χ4n) is 4.42. The van der Waals surface area contributed by atoms with Gasteiger partial charge in [0.2, 0.25) is 5.91 Å². The Bertz CT molecular complexity index is 1210. The largest absolute Gasteiger partial charge is 0.493 e. The molecule has 10 nitrogen and oxygen atoms in total. The first-order valence-corrected chi connectivity index (χ1v) is 11.5. The summed E-state index contributed by atoms with van der Waals surface area (Å²) in [6, 6.07) is 14.9. The zero-order chi connectivity index (χ0) is 24.2. The third-order valence-electron chi connectivity index (χ3n) is 6.03. The number of carbonyl (C=O) groups excluding carboxylic acids is 1. The van der Waals surface area contributed by atoms with Crippen molar-refractivity contribution < 1.29 is 19.4 Å². The van der Waals surface area contributed by atoms with Gasteiger partial charge in [0.05, 0.1) is 25.8 Å². The van der Waals surface area contributed by atoms with Crippen LogP contribution in [0.15, 0.2) is 54.9 Å². The van der Waals surface area contributed by atoms with Gasteiger partial charge in [0.1, 0.15) is 24.6 Å². The molecule has 2 aliphatic rings. The number of anilines is 4. The van der Waals surface area contributed by atoms with Gasteiger partial charge in [-0.15, -0.1) is 0 Å². The second-order valence-electron chi connectivity index (χ2n) is 8.58. The number of aliphatic hydroxyl groups excluding tert-OH is 1. The quantitative estimate of drug-likeness (QED) is 0.406. The van der Waals surface area contributed by atoms with Crippen LogP contribution in [-0.4, -0.2) is 64.8 Å². The van der Waals surface area contributed by atoms with E-state index in [2.05, 4.69) is 25.9 Å². The highest BCUT2D eigenvalue weighted by atomic mass is 16.5. The molecule has 2 atom stereocenters. The minimum Gasteiger partial charge on any atom is -0.493 e. The summed E-state index contributed by atoms with van der Waals surface area (Å²) in [4.78, 5) is 23.6. The average Bonchev–Trinajstić information content (AvgIpc) is 3.22. The van der Waals surface area contributed by atoms with Crippen LogP contribution in [0.4, 0.5) is 23.0 Å². The SMILES string of the molecule is C.COc1ccc2cc1OCCNC(=O)[C@@H]1C[C@H](O)CN1Cc1cccc(c1)Nc1cc(ncn1)N2. The summed E-state index contributed by atoms with van der Waals surface area (Å²) >= 11 is 0. The normalized spacial score (nSPS) is 20.0. The molecule has 3 aromatic rings. The van der Waals surface area contributed by atoms with E-state index in [1.165, 1.54) is 6.33 Å². The van der Waals surface area contributed by atoms with E-state index in [1.54, 1.807) is 7.11 Å². The van der Waals surface area contributed by atoms with Gasteiger partial charge in [-0.05, 0) is 36.2 Å². The van der Waals surface area contributed by atoms with E-state index in [-0.39, 0.29) is 19.9 Å². The number of nitrogens with zero attached hydrogens (tertiary/aromatic N) is 3. The number of aromatic nitrogens is 2. The predicted molar refractivity (Wildman–Crippen MR) is 138 cm³/mol. The number of aliphatic hydroxyl groups is 1. The molecule has 0 unspecified atom stereocenters. The fourth-order valence-corrected chi connectivity index (χ4v) is 4.42. The molecule has 1 fully saturated rings. The summed E-state index contributed by atoms with van der Waals surface area (Å²) in [5, 5.41) is 19.8. The molecular formula is C26H32N6O4. The van der Waals surface area contributed by atoms with Gasteiger partial charge in [-0.1, -0.05) is 19.6 Å². The summed E-state index contributed by atoms with van der Waals surface area (Å²) in [7, 11) is 1.58. The molecule has 5 rings (SSSR count). The van der Waals surface area contributed by atoms with Gasteiger partial charge in [-0.2, -0.15) is 0 Å². The first-order chi connectivity index (χ1) is 17.1. The molecule has 6 bridgehead atoms. The van der Waals surface area contributed by atoms with Crippen molar-refractivity contribution >= 4 is 28.9 Å². The zero-order valence-corrected chi connectivity index (χ0v) is 19.4. The van der Waals surface area contributed by atoms with Crippen LogP contribution in [0.25, 0.3) is 0 Å².